The summed E-state index contributed by atoms with van der Waals surface area (Å²) in [5.74, 6) is -1.68. The Bertz CT molecular complexity index is 724. The van der Waals surface area contributed by atoms with E-state index in [1.54, 1.807) is 18.2 Å². The molecule has 0 bridgehead atoms. The summed E-state index contributed by atoms with van der Waals surface area (Å²) in [6, 6.07) is 3.06. The van der Waals surface area contributed by atoms with Crippen molar-refractivity contribution in [3.8, 4) is 12.1 Å². The van der Waals surface area contributed by atoms with E-state index in [0.29, 0.717) is 0 Å². The van der Waals surface area contributed by atoms with E-state index in [1.165, 1.54) is 25.3 Å². The second kappa shape index (κ2) is 6.57. The molecule has 24 heavy (non-hydrogen) atoms. The maximum absolute atomic E-state index is 12.3. The summed E-state index contributed by atoms with van der Waals surface area (Å²) in [5, 5.41) is 19.4. The lowest BCUT2D eigenvalue weighted by Gasteiger charge is -2.46. The van der Waals surface area contributed by atoms with Gasteiger partial charge >= 0.3 is 11.9 Å². The molecule has 2 heterocycles. The molecule has 0 saturated carbocycles. The summed E-state index contributed by atoms with van der Waals surface area (Å²) >= 11 is 0. The molecule has 0 saturated heterocycles. The fourth-order valence-electron chi connectivity index (χ4n) is 2.93. The van der Waals surface area contributed by atoms with Crippen molar-refractivity contribution in [2.24, 2.45) is 5.41 Å². The Morgan fingerprint density at radius 3 is 2.25 bits per heavy atom. The number of ether oxygens (including phenoxy) is 3. The maximum atomic E-state index is 12.3. The minimum atomic E-state index is -1.75. The molecule has 124 valence electrons. The van der Waals surface area contributed by atoms with Crippen molar-refractivity contribution in [3.05, 3.63) is 35.7 Å². The van der Waals surface area contributed by atoms with Crippen molar-refractivity contribution in [1.29, 1.82) is 10.5 Å². The van der Waals surface area contributed by atoms with E-state index >= 15 is 0 Å². The predicted molar refractivity (Wildman–Crippen MR) is 79.4 cm³/mol. The lowest BCUT2D eigenvalue weighted by molar-refractivity contribution is -0.144. The molecule has 0 amide bonds. The third-order valence-corrected chi connectivity index (χ3v) is 4.00. The zero-order valence-corrected chi connectivity index (χ0v) is 13.3. The van der Waals surface area contributed by atoms with Crippen LogP contribution in [0.4, 0.5) is 0 Å². The number of methoxy groups -OCH3 is 3. The van der Waals surface area contributed by atoms with Gasteiger partial charge in [0.1, 0.15) is 11.8 Å². The third-order valence-electron chi connectivity index (χ3n) is 4.00. The minimum absolute atomic E-state index is 0.122. The first-order valence-electron chi connectivity index (χ1n) is 6.91. The van der Waals surface area contributed by atoms with Crippen molar-refractivity contribution in [2.75, 3.05) is 21.3 Å². The lowest BCUT2D eigenvalue weighted by atomic mass is 9.70. The summed E-state index contributed by atoms with van der Waals surface area (Å²) in [6.07, 6.45) is 5.06. The van der Waals surface area contributed by atoms with Crippen molar-refractivity contribution < 1.29 is 23.8 Å². The quantitative estimate of drug-likeness (QED) is 0.684. The summed E-state index contributed by atoms with van der Waals surface area (Å²) in [7, 11) is 3.56. The highest BCUT2D eigenvalue weighted by atomic mass is 16.5. The van der Waals surface area contributed by atoms with Crippen LogP contribution >= 0.6 is 0 Å². The summed E-state index contributed by atoms with van der Waals surface area (Å²) in [5.41, 5.74) is -2.11. The minimum Gasteiger partial charge on any atom is -0.466 e. The van der Waals surface area contributed by atoms with E-state index in [9.17, 15) is 20.1 Å². The van der Waals surface area contributed by atoms with Crippen molar-refractivity contribution in [1.82, 2.24) is 4.90 Å². The molecule has 2 atom stereocenters. The van der Waals surface area contributed by atoms with Crippen LogP contribution in [0.15, 0.2) is 35.7 Å². The Hall–Kier alpha value is -3.10. The highest BCUT2D eigenvalue weighted by molar-refractivity contribution is 6.01. The molecule has 0 N–H and O–H groups in total. The van der Waals surface area contributed by atoms with Crippen molar-refractivity contribution in [2.45, 2.75) is 12.1 Å². The smallest absolute Gasteiger partial charge is 0.355 e. The van der Waals surface area contributed by atoms with Gasteiger partial charge in [-0.2, -0.15) is 10.5 Å². The zero-order chi connectivity index (χ0) is 17.9. The molecule has 8 nitrogen and oxygen atoms in total. The summed E-state index contributed by atoms with van der Waals surface area (Å²) < 4.78 is 14.8. The Balaban J connectivity index is 2.87. The third kappa shape index (κ3) is 2.25. The van der Waals surface area contributed by atoms with Crippen LogP contribution in [-0.4, -0.2) is 50.3 Å². The van der Waals surface area contributed by atoms with Crippen molar-refractivity contribution >= 4 is 11.9 Å². The van der Waals surface area contributed by atoms with Gasteiger partial charge in [-0.25, -0.2) is 9.59 Å². The van der Waals surface area contributed by atoms with Crippen LogP contribution in [0.2, 0.25) is 0 Å². The number of fused-ring (bicyclic) bond motifs is 1. The number of hydrogen-bond donors (Lipinski definition) is 0. The van der Waals surface area contributed by atoms with Gasteiger partial charge in [-0.1, -0.05) is 12.2 Å². The number of hydrogen-bond acceptors (Lipinski definition) is 8. The van der Waals surface area contributed by atoms with E-state index in [-0.39, 0.29) is 11.3 Å². The van der Waals surface area contributed by atoms with Crippen LogP contribution in [0.25, 0.3) is 0 Å². The van der Waals surface area contributed by atoms with Crippen LogP contribution in [0, 0.1) is 28.1 Å². The Morgan fingerprint density at radius 1 is 1.12 bits per heavy atom. The normalized spacial score (nSPS) is 23.8. The standard InChI is InChI=1S/C16H15N3O5/c1-22-13-11(14(20)23-2)12(15(21)24-3)19-7-5-4-6-10(19)16(13,8-17)9-18/h4-7,10,13H,1-3H3/t10-,13+/m1/s1. The van der Waals surface area contributed by atoms with E-state index in [4.69, 9.17) is 14.2 Å². The van der Waals surface area contributed by atoms with Gasteiger partial charge in [0.05, 0.1) is 38.0 Å². The number of carbonyl (C=O) groups is 2. The average Bonchev–Trinajstić information content (AvgIpc) is 2.64. The molecule has 2 aliphatic heterocycles. The lowest BCUT2D eigenvalue weighted by Crippen LogP contribution is -2.58. The van der Waals surface area contributed by atoms with Crippen LogP contribution in [0.1, 0.15) is 0 Å². The molecular formula is C16H15N3O5. The van der Waals surface area contributed by atoms with Gasteiger partial charge in [-0.15, -0.1) is 0 Å². The van der Waals surface area contributed by atoms with Crippen LogP contribution in [-0.2, 0) is 23.8 Å². The predicted octanol–water partition coefficient (Wildman–Crippen LogP) is 0.403. The van der Waals surface area contributed by atoms with Crippen LogP contribution < -0.4 is 0 Å². The maximum Gasteiger partial charge on any atom is 0.355 e. The monoisotopic (exact) mass is 329 g/mol. The molecule has 0 aromatic heterocycles. The molecule has 0 unspecified atom stereocenters. The summed E-state index contributed by atoms with van der Waals surface area (Å²) in [4.78, 5) is 26.0. The number of esters is 2. The first-order valence-corrected chi connectivity index (χ1v) is 6.91. The molecule has 0 fully saturated rings. The van der Waals surface area contributed by atoms with Gasteiger partial charge in [-0.3, -0.25) is 0 Å². The number of rotatable bonds is 3. The SMILES string of the molecule is COC(=O)C1=C(C(=O)OC)N2C=CC=C[C@@H]2C(C#N)(C#N)[C@H]1OC. The van der Waals surface area contributed by atoms with Gasteiger partial charge in [0, 0.05) is 13.3 Å². The number of carbonyl (C=O) groups excluding carboxylic acids is 2. The molecule has 0 aromatic rings. The first-order chi connectivity index (χ1) is 11.5. The van der Waals surface area contributed by atoms with Gasteiger partial charge in [0.2, 0.25) is 0 Å². The molecule has 0 aliphatic carbocycles. The Labute approximate surface area is 138 Å². The van der Waals surface area contributed by atoms with Crippen molar-refractivity contribution in [3.63, 3.8) is 0 Å². The number of nitrogens with zero attached hydrogens (tertiary/aromatic N) is 3. The van der Waals surface area contributed by atoms with Gasteiger partial charge in [-0.05, 0) is 6.08 Å². The molecular weight excluding hydrogens is 314 g/mol. The molecule has 8 heteroatoms. The van der Waals surface area contributed by atoms with Gasteiger partial charge in [0.25, 0.3) is 0 Å². The second-order valence-electron chi connectivity index (χ2n) is 5.03. The average molecular weight is 329 g/mol. The van der Waals surface area contributed by atoms with E-state index in [1.807, 2.05) is 12.1 Å². The van der Waals surface area contributed by atoms with E-state index in [2.05, 4.69) is 0 Å². The van der Waals surface area contributed by atoms with Gasteiger partial charge in [0.15, 0.2) is 5.41 Å². The van der Waals surface area contributed by atoms with Crippen LogP contribution in [0.5, 0.6) is 0 Å². The Morgan fingerprint density at radius 2 is 1.75 bits per heavy atom. The number of allylic oxidation sites excluding steroid dienone is 2. The highest BCUT2D eigenvalue weighted by Crippen LogP contribution is 2.44. The van der Waals surface area contributed by atoms with E-state index in [0.717, 1.165) is 7.11 Å². The molecule has 0 radical (unpaired) electrons. The number of nitriles is 2. The topological polar surface area (TPSA) is 113 Å². The van der Waals surface area contributed by atoms with Crippen LogP contribution in [0.3, 0.4) is 0 Å². The zero-order valence-electron chi connectivity index (χ0n) is 13.3. The van der Waals surface area contributed by atoms with E-state index < -0.39 is 29.5 Å². The first kappa shape index (κ1) is 17.3. The molecule has 0 spiro atoms. The Kier molecular flexibility index (Phi) is 4.72. The molecule has 0 aromatic carbocycles. The highest BCUT2D eigenvalue weighted by Gasteiger charge is 2.58. The second-order valence-corrected chi connectivity index (χ2v) is 5.03. The molecule has 2 aliphatic rings. The fourth-order valence-corrected chi connectivity index (χ4v) is 2.93. The fraction of sp³-hybridized carbons (Fsp3) is 0.375. The van der Waals surface area contributed by atoms with Gasteiger partial charge < -0.3 is 19.1 Å². The molecule has 2 rings (SSSR count). The summed E-state index contributed by atoms with van der Waals surface area (Å²) in [6.45, 7) is 0. The largest absolute Gasteiger partial charge is 0.466 e.